The fourth-order valence-electron chi connectivity index (χ4n) is 1.96. The molecule has 1 aromatic rings. The monoisotopic (exact) mass is 235 g/mol. The lowest BCUT2D eigenvalue weighted by Gasteiger charge is -2.23. The van der Waals surface area contributed by atoms with Crippen molar-refractivity contribution in [1.82, 2.24) is 0 Å². The van der Waals surface area contributed by atoms with Gasteiger partial charge < -0.3 is 9.47 Å². The minimum atomic E-state index is -0.709. The molecule has 0 amide bonds. The van der Waals surface area contributed by atoms with Crippen molar-refractivity contribution in [3.05, 3.63) is 35.6 Å². The SMILES string of the molecule is CC1(Cc2ccc(F)cc2)OCC(CC#N)O1. The van der Waals surface area contributed by atoms with Crippen LogP contribution in [0.1, 0.15) is 18.9 Å². The molecule has 0 aromatic heterocycles. The lowest BCUT2D eigenvalue weighted by molar-refractivity contribution is -0.151. The number of hydrogen-bond donors (Lipinski definition) is 0. The summed E-state index contributed by atoms with van der Waals surface area (Å²) in [6.07, 6.45) is 0.722. The minimum absolute atomic E-state index is 0.162. The Labute approximate surface area is 99.8 Å². The number of nitrogens with zero attached hydrogens (tertiary/aromatic N) is 1. The molecule has 0 N–H and O–H groups in total. The van der Waals surface area contributed by atoms with Crippen molar-refractivity contribution in [3.63, 3.8) is 0 Å². The molecule has 17 heavy (non-hydrogen) atoms. The molecule has 4 heteroatoms. The normalized spacial score (nSPS) is 27.9. The van der Waals surface area contributed by atoms with E-state index in [-0.39, 0.29) is 11.9 Å². The standard InChI is InChI=1S/C13H14FNO2/c1-13(16-9-12(17-13)6-7-15)8-10-2-4-11(14)5-3-10/h2-5,12H,6,8-9H2,1H3. The molecule has 1 aliphatic heterocycles. The van der Waals surface area contributed by atoms with Gasteiger partial charge in [-0.1, -0.05) is 12.1 Å². The zero-order chi connectivity index (χ0) is 12.3. The smallest absolute Gasteiger partial charge is 0.170 e. The summed E-state index contributed by atoms with van der Waals surface area (Å²) in [7, 11) is 0. The van der Waals surface area contributed by atoms with Gasteiger partial charge in [0, 0.05) is 6.42 Å². The molecule has 0 aliphatic carbocycles. The quantitative estimate of drug-likeness (QED) is 0.808. The number of hydrogen-bond acceptors (Lipinski definition) is 3. The summed E-state index contributed by atoms with van der Waals surface area (Å²) in [6, 6.07) is 8.32. The molecule has 0 spiro atoms. The van der Waals surface area contributed by atoms with Crippen molar-refractivity contribution in [1.29, 1.82) is 5.26 Å². The third-order valence-corrected chi connectivity index (χ3v) is 2.75. The van der Waals surface area contributed by atoms with Gasteiger partial charge in [0.25, 0.3) is 0 Å². The van der Waals surface area contributed by atoms with E-state index in [2.05, 4.69) is 6.07 Å². The molecule has 1 aliphatic rings. The van der Waals surface area contributed by atoms with Gasteiger partial charge in [0.05, 0.1) is 25.2 Å². The summed E-state index contributed by atoms with van der Waals surface area (Å²) < 4.78 is 24.0. The Hall–Kier alpha value is -1.44. The third kappa shape index (κ3) is 3.02. The zero-order valence-corrected chi connectivity index (χ0v) is 9.65. The maximum Gasteiger partial charge on any atom is 0.170 e. The molecule has 1 heterocycles. The summed E-state index contributed by atoms with van der Waals surface area (Å²) in [5.41, 5.74) is 0.950. The number of benzene rings is 1. The Bertz CT molecular complexity index is 426. The molecule has 3 nitrogen and oxygen atoms in total. The molecule has 2 unspecified atom stereocenters. The average Bonchev–Trinajstić information content (AvgIpc) is 2.64. The Morgan fingerprint density at radius 3 is 2.82 bits per heavy atom. The molecule has 90 valence electrons. The van der Waals surface area contributed by atoms with Gasteiger partial charge in [-0.3, -0.25) is 0 Å². The van der Waals surface area contributed by atoms with Crippen molar-refractivity contribution in [2.45, 2.75) is 31.7 Å². The van der Waals surface area contributed by atoms with E-state index < -0.39 is 5.79 Å². The number of ether oxygens (including phenoxy) is 2. The summed E-state index contributed by atoms with van der Waals surface area (Å²) in [5, 5.41) is 8.59. The summed E-state index contributed by atoms with van der Waals surface area (Å²) in [5.74, 6) is -0.964. The topological polar surface area (TPSA) is 42.2 Å². The van der Waals surface area contributed by atoms with Gasteiger partial charge in [-0.2, -0.15) is 5.26 Å². The van der Waals surface area contributed by atoms with Crippen molar-refractivity contribution < 1.29 is 13.9 Å². The first-order valence-electron chi connectivity index (χ1n) is 5.54. The highest BCUT2D eigenvalue weighted by Crippen LogP contribution is 2.28. The van der Waals surface area contributed by atoms with E-state index in [1.165, 1.54) is 12.1 Å². The van der Waals surface area contributed by atoms with Gasteiger partial charge in [-0.25, -0.2) is 4.39 Å². The second-order valence-electron chi connectivity index (χ2n) is 4.35. The van der Waals surface area contributed by atoms with Crippen LogP contribution in [0.15, 0.2) is 24.3 Å². The Morgan fingerprint density at radius 1 is 1.47 bits per heavy atom. The highest BCUT2D eigenvalue weighted by Gasteiger charge is 2.37. The van der Waals surface area contributed by atoms with E-state index in [0.717, 1.165) is 5.56 Å². The summed E-state index contributed by atoms with van der Waals surface area (Å²) in [6.45, 7) is 2.28. The van der Waals surface area contributed by atoms with Crippen molar-refractivity contribution in [2.75, 3.05) is 6.61 Å². The molecular formula is C13H14FNO2. The van der Waals surface area contributed by atoms with E-state index >= 15 is 0 Å². The largest absolute Gasteiger partial charge is 0.347 e. The molecule has 1 saturated heterocycles. The number of rotatable bonds is 3. The van der Waals surface area contributed by atoms with Gasteiger partial charge in [0.1, 0.15) is 5.82 Å². The second-order valence-corrected chi connectivity index (χ2v) is 4.35. The first kappa shape index (κ1) is 12.0. The maximum absolute atomic E-state index is 12.8. The number of nitriles is 1. The molecule has 2 rings (SSSR count). The molecular weight excluding hydrogens is 221 g/mol. The Morgan fingerprint density at radius 2 is 2.18 bits per heavy atom. The maximum atomic E-state index is 12.8. The van der Waals surface area contributed by atoms with Crippen molar-refractivity contribution in [2.24, 2.45) is 0 Å². The zero-order valence-electron chi connectivity index (χ0n) is 9.65. The first-order valence-corrected chi connectivity index (χ1v) is 5.54. The third-order valence-electron chi connectivity index (χ3n) is 2.75. The second kappa shape index (κ2) is 4.82. The predicted molar refractivity (Wildman–Crippen MR) is 59.6 cm³/mol. The molecule has 0 radical (unpaired) electrons. The van der Waals surface area contributed by atoms with Gasteiger partial charge in [0.15, 0.2) is 5.79 Å². The molecule has 1 fully saturated rings. The van der Waals surface area contributed by atoms with Crippen LogP contribution in [-0.2, 0) is 15.9 Å². The van der Waals surface area contributed by atoms with Gasteiger partial charge in [-0.15, -0.1) is 0 Å². The highest BCUT2D eigenvalue weighted by atomic mass is 19.1. The molecule has 0 bridgehead atoms. The fraction of sp³-hybridized carbons (Fsp3) is 0.462. The lowest BCUT2D eigenvalue weighted by atomic mass is 10.1. The van der Waals surface area contributed by atoms with E-state index in [0.29, 0.717) is 19.4 Å². The van der Waals surface area contributed by atoms with E-state index in [1.807, 2.05) is 6.92 Å². The van der Waals surface area contributed by atoms with Crippen LogP contribution in [0.2, 0.25) is 0 Å². The van der Waals surface area contributed by atoms with E-state index in [1.54, 1.807) is 12.1 Å². The van der Waals surface area contributed by atoms with E-state index in [4.69, 9.17) is 14.7 Å². The molecule has 1 aromatic carbocycles. The minimum Gasteiger partial charge on any atom is -0.347 e. The van der Waals surface area contributed by atoms with Gasteiger partial charge in [-0.05, 0) is 24.6 Å². The van der Waals surface area contributed by atoms with Crippen LogP contribution >= 0.6 is 0 Å². The van der Waals surface area contributed by atoms with Gasteiger partial charge >= 0.3 is 0 Å². The van der Waals surface area contributed by atoms with Crippen molar-refractivity contribution in [3.8, 4) is 6.07 Å². The van der Waals surface area contributed by atoms with Crippen LogP contribution in [0.3, 0.4) is 0 Å². The Balaban J connectivity index is 1.99. The van der Waals surface area contributed by atoms with Crippen LogP contribution in [0, 0.1) is 17.1 Å². The van der Waals surface area contributed by atoms with Crippen LogP contribution < -0.4 is 0 Å². The average molecular weight is 235 g/mol. The first-order chi connectivity index (χ1) is 8.11. The van der Waals surface area contributed by atoms with Crippen LogP contribution in [0.5, 0.6) is 0 Å². The predicted octanol–water partition coefficient (Wildman–Crippen LogP) is 2.41. The van der Waals surface area contributed by atoms with Crippen LogP contribution in [0.4, 0.5) is 4.39 Å². The van der Waals surface area contributed by atoms with Crippen molar-refractivity contribution >= 4 is 0 Å². The summed E-state index contributed by atoms with van der Waals surface area (Å²) in [4.78, 5) is 0. The van der Waals surface area contributed by atoms with Crippen LogP contribution in [-0.4, -0.2) is 18.5 Å². The number of halogens is 1. The summed E-state index contributed by atoms with van der Waals surface area (Å²) >= 11 is 0. The molecule has 0 saturated carbocycles. The molecule has 2 atom stereocenters. The fourth-order valence-corrected chi connectivity index (χ4v) is 1.96. The van der Waals surface area contributed by atoms with E-state index in [9.17, 15) is 4.39 Å². The Kier molecular flexibility index (Phi) is 3.41. The van der Waals surface area contributed by atoms with Crippen LogP contribution in [0.25, 0.3) is 0 Å². The van der Waals surface area contributed by atoms with Gasteiger partial charge in [0.2, 0.25) is 0 Å². The lowest BCUT2D eigenvalue weighted by Crippen LogP contribution is -2.29. The highest BCUT2D eigenvalue weighted by molar-refractivity contribution is 5.17.